The highest BCUT2D eigenvalue weighted by Gasteiger charge is 2.28. The van der Waals surface area contributed by atoms with Crippen LogP contribution in [-0.4, -0.2) is 43.5 Å². The van der Waals surface area contributed by atoms with Crippen molar-refractivity contribution in [1.82, 2.24) is 9.62 Å². The lowest BCUT2D eigenvalue weighted by atomic mass is 9.99. The van der Waals surface area contributed by atoms with E-state index in [9.17, 15) is 13.2 Å². The minimum atomic E-state index is -3.10. The van der Waals surface area contributed by atoms with Crippen LogP contribution in [0.25, 0.3) is 0 Å². The third kappa shape index (κ3) is 3.78. The molecule has 7 heteroatoms. The molecular formula is C16H24N2O3S2. The lowest BCUT2D eigenvalue weighted by Gasteiger charge is -2.31. The van der Waals surface area contributed by atoms with E-state index < -0.39 is 10.0 Å². The number of carbonyl (C=O) groups is 1. The number of nitrogens with zero attached hydrogens (tertiary/aromatic N) is 1. The van der Waals surface area contributed by atoms with Crippen molar-refractivity contribution in [3.05, 3.63) is 21.4 Å². The van der Waals surface area contributed by atoms with Gasteiger partial charge in [0.2, 0.25) is 10.0 Å². The number of rotatable bonds is 4. The van der Waals surface area contributed by atoms with Crippen LogP contribution >= 0.6 is 11.3 Å². The fraction of sp³-hybridized carbons (Fsp3) is 0.688. The Balaban J connectivity index is 1.56. The maximum Gasteiger partial charge on any atom is 0.261 e. The van der Waals surface area contributed by atoms with E-state index in [1.54, 1.807) is 22.6 Å². The maximum atomic E-state index is 12.4. The van der Waals surface area contributed by atoms with Crippen molar-refractivity contribution >= 4 is 27.3 Å². The molecule has 0 spiro atoms. The zero-order chi connectivity index (χ0) is 16.4. The highest BCUT2D eigenvalue weighted by molar-refractivity contribution is 7.89. The van der Waals surface area contributed by atoms with Crippen molar-refractivity contribution in [2.45, 2.75) is 51.5 Å². The van der Waals surface area contributed by atoms with Gasteiger partial charge in [-0.05, 0) is 57.1 Å². The molecule has 0 unspecified atom stereocenters. The fourth-order valence-electron chi connectivity index (χ4n) is 3.32. The fourth-order valence-corrected chi connectivity index (χ4v) is 5.61. The van der Waals surface area contributed by atoms with E-state index in [1.165, 1.54) is 23.3 Å². The van der Waals surface area contributed by atoms with Crippen molar-refractivity contribution in [3.63, 3.8) is 0 Å². The van der Waals surface area contributed by atoms with Gasteiger partial charge in [-0.2, -0.15) is 0 Å². The lowest BCUT2D eigenvalue weighted by Crippen LogP contribution is -2.46. The van der Waals surface area contributed by atoms with Gasteiger partial charge in [-0.15, -0.1) is 11.3 Å². The predicted molar refractivity (Wildman–Crippen MR) is 92.5 cm³/mol. The average Bonchev–Trinajstić information content (AvgIpc) is 2.99. The maximum absolute atomic E-state index is 12.4. The molecule has 1 N–H and O–H groups in total. The Bertz CT molecular complexity index is 650. The molecule has 23 heavy (non-hydrogen) atoms. The van der Waals surface area contributed by atoms with Crippen LogP contribution in [0.4, 0.5) is 0 Å². The number of carbonyl (C=O) groups excluding carboxylic acids is 1. The van der Waals surface area contributed by atoms with Gasteiger partial charge in [-0.3, -0.25) is 4.79 Å². The number of aryl methyl sites for hydroxylation is 2. The monoisotopic (exact) mass is 356 g/mol. The summed E-state index contributed by atoms with van der Waals surface area (Å²) in [5, 5.41) is 3.08. The second kappa shape index (κ2) is 6.91. The first-order valence-corrected chi connectivity index (χ1v) is 10.8. The second-order valence-electron chi connectivity index (χ2n) is 6.31. The second-order valence-corrected chi connectivity index (χ2v) is 9.71. The molecule has 2 aliphatic rings. The van der Waals surface area contributed by atoms with Crippen LogP contribution in [0.3, 0.4) is 0 Å². The highest BCUT2D eigenvalue weighted by Crippen LogP contribution is 2.29. The zero-order valence-electron chi connectivity index (χ0n) is 13.5. The van der Waals surface area contributed by atoms with Gasteiger partial charge in [0, 0.05) is 24.0 Å². The average molecular weight is 357 g/mol. The molecule has 1 fully saturated rings. The summed E-state index contributed by atoms with van der Waals surface area (Å²) in [6, 6.07) is 2.12. The quantitative estimate of drug-likeness (QED) is 0.899. The Morgan fingerprint density at radius 1 is 1.30 bits per heavy atom. The molecule has 2 heterocycles. The normalized spacial score (nSPS) is 20.2. The summed E-state index contributed by atoms with van der Waals surface area (Å²) in [4.78, 5) is 14.6. The van der Waals surface area contributed by atoms with Gasteiger partial charge in [-0.25, -0.2) is 12.7 Å². The molecule has 0 atom stereocenters. The molecule has 3 rings (SSSR count). The molecule has 128 valence electrons. The first-order valence-electron chi connectivity index (χ1n) is 8.40. The Morgan fingerprint density at radius 3 is 2.65 bits per heavy atom. The number of sulfonamides is 1. The smallest absolute Gasteiger partial charge is 0.261 e. The Hall–Kier alpha value is -0.920. The van der Waals surface area contributed by atoms with Crippen molar-refractivity contribution in [2.75, 3.05) is 18.8 Å². The number of amides is 1. The van der Waals surface area contributed by atoms with Gasteiger partial charge >= 0.3 is 0 Å². The Kier molecular flexibility index (Phi) is 5.08. The minimum absolute atomic E-state index is 0.00111. The third-order valence-corrected chi connectivity index (χ3v) is 7.89. The molecule has 1 aliphatic heterocycles. The molecule has 1 aliphatic carbocycles. The standard InChI is InChI=1S/C16H24N2O3S2/c1-2-23(20,21)18-9-7-13(8-10-18)17-16(19)15-11-12-5-3-4-6-14(12)22-15/h11,13H,2-10H2,1H3,(H,17,19). The van der Waals surface area contributed by atoms with E-state index >= 15 is 0 Å². The van der Waals surface area contributed by atoms with Crippen LogP contribution in [0.15, 0.2) is 6.07 Å². The number of fused-ring (bicyclic) bond motifs is 1. The van der Waals surface area contributed by atoms with Crippen molar-refractivity contribution < 1.29 is 13.2 Å². The SMILES string of the molecule is CCS(=O)(=O)N1CCC(NC(=O)c2cc3c(s2)CCCC3)CC1. The van der Waals surface area contributed by atoms with Crippen LogP contribution in [0.5, 0.6) is 0 Å². The first kappa shape index (κ1) is 16.9. The third-order valence-electron chi connectivity index (χ3n) is 4.77. The Morgan fingerprint density at radius 2 is 2.00 bits per heavy atom. The number of thiophene rings is 1. The van der Waals surface area contributed by atoms with Crippen LogP contribution < -0.4 is 5.32 Å². The molecule has 5 nitrogen and oxygen atoms in total. The molecular weight excluding hydrogens is 332 g/mol. The van der Waals surface area contributed by atoms with Gasteiger partial charge in [0.05, 0.1) is 10.6 Å². The van der Waals surface area contributed by atoms with E-state index in [4.69, 9.17) is 0 Å². The summed E-state index contributed by atoms with van der Waals surface area (Å²) in [6.45, 7) is 2.67. The van der Waals surface area contributed by atoms with Gasteiger partial charge in [-0.1, -0.05) is 0 Å². The molecule has 1 amide bonds. The Labute approximate surface area is 142 Å². The highest BCUT2D eigenvalue weighted by atomic mass is 32.2. The topological polar surface area (TPSA) is 66.5 Å². The van der Waals surface area contributed by atoms with E-state index in [0.717, 1.165) is 17.7 Å². The van der Waals surface area contributed by atoms with E-state index in [0.29, 0.717) is 25.9 Å². The molecule has 0 radical (unpaired) electrons. The number of hydrogen-bond donors (Lipinski definition) is 1. The first-order chi connectivity index (χ1) is 11.0. The van der Waals surface area contributed by atoms with Crippen molar-refractivity contribution in [3.8, 4) is 0 Å². The summed E-state index contributed by atoms with van der Waals surface area (Å²) in [5.41, 5.74) is 1.34. The predicted octanol–water partition coefficient (Wildman–Crippen LogP) is 2.17. The van der Waals surface area contributed by atoms with Crippen LogP contribution in [-0.2, 0) is 22.9 Å². The summed E-state index contributed by atoms with van der Waals surface area (Å²) >= 11 is 1.62. The minimum Gasteiger partial charge on any atom is -0.349 e. The summed E-state index contributed by atoms with van der Waals surface area (Å²) in [5.74, 6) is 0.145. The molecule has 0 saturated carbocycles. The summed E-state index contributed by atoms with van der Waals surface area (Å²) in [6.07, 6.45) is 6.01. The number of nitrogens with one attached hydrogen (secondary N) is 1. The molecule has 1 saturated heterocycles. The van der Waals surface area contributed by atoms with Crippen LogP contribution in [0.1, 0.15) is 52.7 Å². The van der Waals surface area contributed by atoms with E-state index in [2.05, 4.69) is 5.32 Å². The van der Waals surface area contributed by atoms with Gasteiger partial charge < -0.3 is 5.32 Å². The van der Waals surface area contributed by atoms with E-state index in [-0.39, 0.29) is 17.7 Å². The molecule has 0 aromatic carbocycles. The summed E-state index contributed by atoms with van der Waals surface area (Å²) < 4.78 is 25.3. The van der Waals surface area contributed by atoms with Gasteiger partial charge in [0.15, 0.2) is 0 Å². The van der Waals surface area contributed by atoms with E-state index in [1.807, 2.05) is 6.07 Å². The zero-order valence-corrected chi connectivity index (χ0v) is 15.1. The molecule has 1 aromatic rings. The molecule has 1 aromatic heterocycles. The number of hydrogen-bond acceptors (Lipinski definition) is 4. The molecule has 0 bridgehead atoms. The van der Waals surface area contributed by atoms with Crippen LogP contribution in [0.2, 0.25) is 0 Å². The lowest BCUT2D eigenvalue weighted by molar-refractivity contribution is 0.0928. The van der Waals surface area contributed by atoms with Crippen molar-refractivity contribution in [1.29, 1.82) is 0 Å². The largest absolute Gasteiger partial charge is 0.349 e. The summed E-state index contributed by atoms with van der Waals surface area (Å²) in [7, 11) is -3.10. The van der Waals surface area contributed by atoms with Gasteiger partial charge in [0.25, 0.3) is 5.91 Å². The van der Waals surface area contributed by atoms with Crippen molar-refractivity contribution in [2.24, 2.45) is 0 Å². The number of piperidine rings is 1. The van der Waals surface area contributed by atoms with Gasteiger partial charge in [0.1, 0.15) is 0 Å². The van der Waals surface area contributed by atoms with Crippen LogP contribution in [0, 0.1) is 0 Å².